The molecule has 49 heavy (non-hydrogen) atoms. The molecule has 0 saturated heterocycles. The molecule has 4 aliphatic rings. The van der Waals surface area contributed by atoms with E-state index in [1.165, 1.54) is 55.7 Å². The third kappa shape index (κ3) is 4.66. The van der Waals surface area contributed by atoms with E-state index in [-0.39, 0.29) is 23.0 Å². The molecule has 1 aliphatic heterocycles. The summed E-state index contributed by atoms with van der Waals surface area (Å²) in [5.41, 5.74) is 16.6. The summed E-state index contributed by atoms with van der Waals surface area (Å²) in [4.78, 5) is 4.55. The van der Waals surface area contributed by atoms with Crippen molar-refractivity contribution in [2.24, 2.45) is 11.8 Å². The number of rotatable bonds is 3. The summed E-state index contributed by atoms with van der Waals surface area (Å²) in [5.74, 6) is 0.533. The standard InChI is InChI=1S/C46H42N2O/c1-28-38(30-17-20-37-35-13-7-9-15-40(35)46(4,5)42(37)26-30)24-33(27-49-44(48-28)32-18-21-43-31(23-32)11-10-22-47-43)29-16-19-36-34-12-6-8-14-39(34)45(2,3)41(36)25-29/h6-23,25,27,38,42,44,48H,1,24,26H2,2-5H3/b33-27+. The van der Waals surface area contributed by atoms with Crippen LogP contribution in [0.5, 0.6) is 0 Å². The molecule has 3 atom stereocenters. The van der Waals surface area contributed by atoms with E-state index in [1.807, 2.05) is 18.5 Å². The van der Waals surface area contributed by atoms with Crippen LogP contribution in [0.1, 0.15) is 80.1 Å². The van der Waals surface area contributed by atoms with Gasteiger partial charge >= 0.3 is 0 Å². The topological polar surface area (TPSA) is 34.2 Å². The Hall–Kier alpha value is -5.15. The van der Waals surface area contributed by atoms with Gasteiger partial charge in [0.05, 0.1) is 11.8 Å². The van der Waals surface area contributed by atoms with Gasteiger partial charge in [0, 0.05) is 34.2 Å². The Morgan fingerprint density at radius 2 is 1.53 bits per heavy atom. The lowest BCUT2D eigenvalue weighted by Gasteiger charge is -2.36. The normalized spacial score (nSPS) is 24.0. The molecule has 3 nitrogen and oxygen atoms in total. The van der Waals surface area contributed by atoms with Crippen LogP contribution < -0.4 is 5.32 Å². The molecule has 0 fully saturated rings. The summed E-state index contributed by atoms with van der Waals surface area (Å²) in [6.07, 6.45) is 10.1. The Morgan fingerprint density at radius 1 is 0.755 bits per heavy atom. The molecule has 1 N–H and O–H groups in total. The smallest absolute Gasteiger partial charge is 0.195 e. The zero-order valence-electron chi connectivity index (χ0n) is 28.8. The molecule has 242 valence electrons. The molecule has 4 aromatic carbocycles. The van der Waals surface area contributed by atoms with E-state index in [0.29, 0.717) is 5.92 Å². The lowest BCUT2D eigenvalue weighted by molar-refractivity contribution is 0.117. The van der Waals surface area contributed by atoms with Gasteiger partial charge in [0.1, 0.15) is 0 Å². The van der Waals surface area contributed by atoms with Gasteiger partial charge in [0.2, 0.25) is 0 Å². The third-order valence-corrected chi connectivity index (χ3v) is 11.9. The maximum Gasteiger partial charge on any atom is 0.195 e. The molecule has 0 bridgehead atoms. The van der Waals surface area contributed by atoms with E-state index in [0.717, 1.165) is 35.0 Å². The highest BCUT2D eigenvalue weighted by Crippen LogP contribution is 2.55. The zero-order chi connectivity index (χ0) is 33.5. The van der Waals surface area contributed by atoms with Gasteiger partial charge in [-0.25, -0.2) is 0 Å². The van der Waals surface area contributed by atoms with E-state index in [2.05, 4.69) is 141 Å². The number of aromatic nitrogens is 1. The summed E-state index contributed by atoms with van der Waals surface area (Å²) >= 11 is 0. The van der Waals surface area contributed by atoms with Crippen molar-refractivity contribution in [1.82, 2.24) is 10.3 Å². The number of nitrogens with zero attached hydrogens (tertiary/aromatic N) is 1. The zero-order valence-corrected chi connectivity index (χ0v) is 28.8. The number of pyridine rings is 1. The number of ether oxygens (including phenoxy) is 1. The number of hydrogen-bond acceptors (Lipinski definition) is 3. The van der Waals surface area contributed by atoms with Gasteiger partial charge in [-0.05, 0) is 98.5 Å². The van der Waals surface area contributed by atoms with Crippen LogP contribution in [0.15, 0.2) is 140 Å². The SMILES string of the molecule is C=C1NC(c2ccc3ncccc3c2)O/C=C(/c2ccc3c(c2)C(C)(C)c2ccccc2-3)CC1C1=CC=C2c3ccccc3C(C)(C)C2C1. The van der Waals surface area contributed by atoms with Crippen molar-refractivity contribution in [3.63, 3.8) is 0 Å². The van der Waals surface area contributed by atoms with E-state index in [9.17, 15) is 0 Å². The fourth-order valence-corrected chi connectivity index (χ4v) is 9.10. The molecule has 3 unspecified atom stereocenters. The van der Waals surface area contributed by atoms with Crippen LogP contribution in [-0.4, -0.2) is 4.98 Å². The molecule has 1 aromatic heterocycles. The maximum absolute atomic E-state index is 6.68. The minimum atomic E-state index is -0.382. The summed E-state index contributed by atoms with van der Waals surface area (Å²) in [7, 11) is 0. The van der Waals surface area contributed by atoms with Crippen LogP contribution in [0.25, 0.3) is 33.2 Å². The van der Waals surface area contributed by atoms with Crippen LogP contribution in [0.3, 0.4) is 0 Å². The van der Waals surface area contributed by atoms with Gasteiger partial charge in [-0.2, -0.15) is 0 Å². The van der Waals surface area contributed by atoms with Crippen molar-refractivity contribution in [2.75, 3.05) is 0 Å². The van der Waals surface area contributed by atoms with E-state index < -0.39 is 0 Å². The molecular formula is C46H42N2O. The van der Waals surface area contributed by atoms with Crippen LogP contribution in [0.2, 0.25) is 0 Å². The van der Waals surface area contributed by atoms with Crippen molar-refractivity contribution in [3.8, 4) is 11.1 Å². The molecular weight excluding hydrogens is 597 g/mol. The fraction of sp³-hybridized carbons (Fsp3) is 0.239. The molecule has 0 saturated carbocycles. The van der Waals surface area contributed by atoms with Gasteiger partial charge in [-0.1, -0.05) is 125 Å². The number of allylic oxidation sites excluding steroid dienone is 5. The van der Waals surface area contributed by atoms with Crippen molar-refractivity contribution < 1.29 is 4.74 Å². The van der Waals surface area contributed by atoms with Gasteiger partial charge in [0.15, 0.2) is 6.23 Å². The summed E-state index contributed by atoms with van der Waals surface area (Å²) in [5, 5.41) is 4.83. The van der Waals surface area contributed by atoms with Crippen LogP contribution in [0, 0.1) is 11.8 Å². The Morgan fingerprint density at radius 3 is 2.39 bits per heavy atom. The highest BCUT2D eigenvalue weighted by atomic mass is 16.5. The molecule has 9 rings (SSSR count). The molecule has 2 heterocycles. The molecule has 0 spiro atoms. The first-order chi connectivity index (χ1) is 23.7. The van der Waals surface area contributed by atoms with Crippen molar-refractivity contribution in [3.05, 3.63) is 173 Å². The highest BCUT2D eigenvalue weighted by Gasteiger charge is 2.44. The average molecular weight is 639 g/mol. The lowest BCUT2D eigenvalue weighted by atomic mass is 9.70. The predicted octanol–water partition coefficient (Wildman–Crippen LogP) is 11.0. The van der Waals surface area contributed by atoms with E-state index in [1.54, 1.807) is 0 Å². The van der Waals surface area contributed by atoms with Crippen molar-refractivity contribution in [1.29, 1.82) is 0 Å². The summed E-state index contributed by atoms with van der Waals surface area (Å²) in [6.45, 7) is 14.2. The second-order valence-electron chi connectivity index (χ2n) is 15.4. The van der Waals surface area contributed by atoms with Crippen molar-refractivity contribution in [2.45, 2.75) is 57.6 Å². The first-order valence-electron chi connectivity index (χ1n) is 17.6. The van der Waals surface area contributed by atoms with Crippen LogP contribution in [0.4, 0.5) is 0 Å². The van der Waals surface area contributed by atoms with Crippen LogP contribution >= 0.6 is 0 Å². The number of hydrogen-bond donors (Lipinski definition) is 1. The molecule has 5 aromatic rings. The van der Waals surface area contributed by atoms with Crippen molar-refractivity contribution >= 4 is 22.0 Å². The Bertz CT molecular complexity index is 2280. The largest absolute Gasteiger partial charge is 0.474 e. The van der Waals surface area contributed by atoms with Crippen LogP contribution in [-0.2, 0) is 15.6 Å². The second-order valence-corrected chi connectivity index (χ2v) is 15.4. The lowest BCUT2D eigenvalue weighted by Crippen LogP contribution is -2.31. The van der Waals surface area contributed by atoms with Gasteiger partial charge < -0.3 is 10.1 Å². The third-order valence-electron chi connectivity index (χ3n) is 11.9. The predicted molar refractivity (Wildman–Crippen MR) is 202 cm³/mol. The molecule has 3 heteroatoms. The Labute approximate surface area is 289 Å². The van der Waals surface area contributed by atoms with Gasteiger partial charge in [-0.3, -0.25) is 4.98 Å². The minimum absolute atomic E-state index is 0.0579. The highest BCUT2D eigenvalue weighted by molar-refractivity contribution is 5.84. The average Bonchev–Trinajstić information content (AvgIpc) is 3.49. The van der Waals surface area contributed by atoms with Gasteiger partial charge in [0.25, 0.3) is 0 Å². The maximum atomic E-state index is 6.68. The molecule has 0 amide bonds. The molecule has 0 radical (unpaired) electrons. The van der Waals surface area contributed by atoms with E-state index in [4.69, 9.17) is 11.3 Å². The second kappa shape index (κ2) is 10.9. The van der Waals surface area contributed by atoms with Gasteiger partial charge in [-0.15, -0.1) is 0 Å². The Kier molecular flexibility index (Phi) is 6.68. The first kappa shape index (κ1) is 29.9. The van der Waals surface area contributed by atoms with E-state index >= 15 is 0 Å². The number of nitrogens with one attached hydrogen (secondary N) is 1. The summed E-state index contributed by atoms with van der Waals surface area (Å²) < 4.78 is 6.68. The number of benzene rings is 4. The first-order valence-corrected chi connectivity index (χ1v) is 17.6. The Balaban J connectivity index is 1.13. The molecule has 3 aliphatic carbocycles. The quantitative estimate of drug-likeness (QED) is 0.214. The summed E-state index contributed by atoms with van der Waals surface area (Å²) in [6, 6.07) is 35.3. The monoisotopic (exact) mass is 638 g/mol. The fourth-order valence-electron chi connectivity index (χ4n) is 9.10. The number of fused-ring (bicyclic) bond motifs is 7. The minimum Gasteiger partial charge on any atom is -0.474 e.